The van der Waals surface area contributed by atoms with Crippen LogP contribution in [0, 0.1) is 0 Å². The van der Waals surface area contributed by atoms with E-state index in [0.29, 0.717) is 6.54 Å². The number of hydrogen-bond acceptors (Lipinski definition) is 5. The summed E-state index contributed by atoms with van der Waals surface area (Å²) in [6.45, 7) is 1.75. The van der Waals surface area contributed by atoms with Crippen molar-refractivity contribution in [1.29, 1.82) is 0 Å². The number of para-hydroxylation sites is 1. The molecule has 0 saturated heterocycles. The van der Waals surface area contributed by atoms with Crippen LogP contribution in [0.2, 0.25) is 0 Å². The van der Waals surface area contributed by atoms with Crippen molar-refractivity contribution in [3.63, 3.8) is 0 Å². The first-order chi connectivity index (χ1) is 13.8. The molecule has 3 aromatic carbocycles. The van der Waals surface area contributed by atoms with Crippen molar-refractivity contribution in [1.82, 2.24) is 5.32 Å². The predicted octanol–water partition coefficient (Wildman–Crippen LogP) is 3.39. The minimum absolute atomic E-state index is 0.230. The molecule has 1 unspecified atom stereocenters. The van der Waals surface area contributed by atoms with Crippen LogP contribution in [0.4, 0.5) is 0 Å². The third-order valence-electron chi connectivity index (χ3n) is 4.44. The van der Waals surface area contributed by atoms with Crippen molar-refractivity contribution in [2.45, 2.75) is 12.5 Å². The molecular formula is C23H27NO4. The van der Waals surface area contributed by atoms with Crippen LogP contribution < -0.4 is 14.8 Å². The zero-order valence-electron chi connectivity index (χ0n) is 16.1. The second kappa shape index (κ2) is 10.7. The molecule has 148 valence electrons. The summed E-state index contributed by atoms with van der Waals surface area (Å²) >= 11 is 0. The molecule has 5 heteroatoms. The quantitative estimate of drug-likeness (QED) is 0.394. The van der Waals surface area contributed by atoms with Crippen molar-refractivity contribution >= 4 is 10.8 Å². The number of ether oxygens (including phenoxy) is 3. The predicted molar refractivity (Wildman–Crippen MR) is 111 cm³/mol. The van der Waals surface area contributed by atoms with E-state index in [1.165, 1.54) is 10.9 Å². The molecule has 0 saturated carbocycles. The third-order valence-corrected chi connectivity index (χ3v) is 4.44. The minimum atomic E-state index is -0.554. The number of fused-ring (bicyclic) bond motifs is 1. The molecule has 0 aromatic heterocycles. The lowest BCUT2D eigenvalue weighted by Crippen LogP contribution is -2.32. The van der Waals surface area contributed by atoms with Crippen molar-refractivity contribution in [3.8, 4) is 11.5 Å². The fourth-order valence-electron chi connectivity index (χ4n) is 3.07. The average molecular weight is 381 g/mol. The first-order valence-electron chi connectivity index (χ1n) is 9.47. The fourth-order valence-corrected chi connectivity index (χ4v) is 3.07. The molecule has 3 aromatic rings. The zero-order valence-corrected chi connectivity index (χ0v) is 16.1. The topological polar surface area (TPSA) is 60.0 Å². The monoisotopic (exact) mass is 381 g/mol. The van der Waals surface area contributed by atoms with Crippen LogP contribution in [0.5, 0.6) is 11.5 Å². The maximum atomic E-state index is 10.1. The van der Waals surface area contributed by atoms with Gasteiger partial charge >= 0.3 is 0 Å². The summed E-state index contributed by atoms with van der Waals surface area (Å²) < 4.78 is 16.2. The first-order valence-corrected chi connectivity index (χ1v) is 9.47. The molecule has 0 radical (unpaired) electrons. The molecule has 3 rings (SSSR count). The van der Waals surface area contributed by atoms with Crippen LogP contribution in [-0.2, 0) is 11.2 Å². The van der Waals surface area contributed by atoms with Gasteiger partial charge in [-0.25, -0.2) is 0 Å². The van der Waals surface area contributed by atoms with E-state index in [4.69, 9.17) is 14.2 Å². The van der Waals surface area contributed by atoms with Gasteiger partial charge in [-0.15, -0.1) is 0 Å². The fraction of sp³-hybridized carbons (Fsp3) is 0.304. The van der Waals surface area contributed by atoms with Gasteiger partial charge in [-0.3, -0.25) is 0 Å². The summed E-state index contributed by atoms with van der Waals surface area (Å²) in [6, 6.07) is 21.8. The lowest BCUT2D eigenvalue weighted by Gasteiger charge is -2.14. The third kappa shape index (κ3) is 5.70. The van der Waals surface area contributed by atoms with Gasteiger partial charge in [0.05, 0.1) is 0 Å². The Kier molecular flexibility index (Phi) is 7.67. The Balaban J connectivity index is 1.48. The molecule has 28 heavy (non-hydrogen) atoms. The Bertz CT molecular complexity index is 854. The van der Waals surface area contributed by atoms with E-state index in [9.17, 15) is 5.11 Å². The molecule has 2 N–H and O–H groups in total. The summed E-state index contributed by atoms with van der Waals surface area (Å²) in [5, 5.41) is 15.6. The normalized spacial score (nSPS) is 12.1. The summed E-state index contributed by atoms with van der Waals surface area (Å²) in [5.74, 6) is 1.59. The average Bonchev–Trinajstić information content (AvgIpc) is 2.74. The highest BCUT2D eigenvalue weighted by Gasteiger charge is 2.07. The molecular weight excluding hydrogens is 354 g/mol. The molecule has 0 aliphatic rings. The van der Waals surface area contributed by atoms with Crippen molar-refractivity contribution in [3.05, 3.63) is 72.3 Å². The summed E-state index contributed by atoms with van der Waals surface area (Å²) in [4.78, 5) is 0. The zero-order chi connectivity index (χ0) is 19.6. The van der Waals surface area contributed by atoms with Gasteiger partial charge in [-0.2, -0.15) is 0 Å². The number of methoxy groups -OCH3 is 1. The van der Waals surface area contributed by atoms with E-state index in [-0.39, 0.29) is 13.4 Å². The maximum absolute atomic E-state index is 10.1. The molecule has 5 nitrogen and oxygen atoms in total. The van der Waals surface area contributed by atoms with Crippen LogP contribution in [0.1, 0.15) is 5.56 Å². The highest BCUT2D eigenvalue weighted by atomic mass is 16.7. The molecule has 0 aliphatic heterocycles. The summed E-state index contributed by atoms with van der Waals surface area (Å²) in [5.41, 5.74) is 1.24. The number of rotatable bonds is 11. The van der Waals surface area contributed by atoms with Gasteiger partial charge in [-0.1, -0.05) is 48.5 Å². The molecule has 0 fully saturated rings. The van der Waals surface area contributed by atoms with Gasteiger partial charge < -0.3 is 24.6 Å². The second-order valence-corrected chi connectivity index (χ2v) is 6.55. The molecule has 1 atom stereocenters. The van der Waals surface area contributed by atoms with Gasteiger partial charge in [-0.05, 0) is 42.1 Å². The summed E-state index contributed by atoms with van der Waals surface area (Å²) in [6.07, 6.45) is 0.305. The lowest BCUT2D eigenvalue weighted by atomic mass is 10.0. The van der Waals surface area contributed by atoms with Gasteiger partial charge in [0, 0.05) is 19.0 Å². The van der Waals surface area contributed by atoms with Crippen LogP contribution in [0.25, 0.3) is 10.8 Å². The first kappa shape index (κ1) is 20.1. The molecule has 0 bridgehead atoms. The molecule has 0 amide bonds. The second-order valence-electron chi connectivity index (χ2n) is 6.55. The lowest BCUT2D eigenvalue weighted by molar-refractivity contribution is 0.0522. The number of nitrogens with one attached hydrogen (secondary N) is 1. The number of aliphatic hydroxyl groups excluding tert-OH is 1. The van der Waals surface area contributed by atoms with Gasteiger partial charge in [0.25, 0.3) is 0 Å². The Morgan fingerprint density at radius 3 is 2.50 bits per heavy atom. The Labute approximate surface area is 165 Å². The van der Waals surface area contributed by atoms with E-state index in [0.717, 1.165) is 29.9 Å². The van der Waals surface area contributed by atoms with Crippen LogP contribution >= 0.6 is 0 Å². The van der Waals surface area contributed by atoms with E-state index in [2.05, 4.69) is 23.5 Å². The highest BCUT2D eigenvalue weighted by molar-refractivity contribution is 5.91. The smallest absolute Gasteiger partial charge is 0.188 e. The van der Waals surface area contributed by atoms with Crippen LogP contribution in [0.3, 0.4) is 0 Å². The van der Waals surface area contributed by atoms with Gasteiger partial charge in [0.1, 0.15) is 24.2 Å². The Hall–Kier alpha value is -2.60. The molecule has 0 spiro atoms. The van der Waals surface area contributed by atoms with E-state index < -0.39 is 6.10 Å². The number of hydrogen-bond donors (Lipinski definition) is 2. The van der Waals surface area contributed by atoms with Crippen molar-refractivity contribution in [2.75, 3.05) is 33.6 Å². The maximum Gasteiger partial charge on any atom is 0.188 e. The number of aliphatic hydroxyl groups is 1. The van der Waals surface area contributed by atoms with Crippen LogP contribution in [0.15, 0.2) is 66.7 Å². The van der Waals surface area contributed by atoms with Crippen LogP contribution in [-0.4, -0.2) is 44.8 Å². The van der Waals surface area contributed by atoms with Crippen molar-refractivity contribution < 1.29 is 19.3 Å². The SMILES string of the molecule is COCOc1cccc2c(CCNCC(O)COc3ccccc3)cccc12. The largest absolute Gasteiger partial charge is 0.491 e. The highest BCUT2D eigenvalue weighted by Crippen LogP contribution is 2.28. The van der Waals surface area contributed by atoms with E-state index >= 15 is 0 Å². The minimum Gasteiger partial charge on any atom is -0.491 e. The Morgan fingerprint density at radius 2 is 1.68 bits per heavy atom. The van der Waals surface area contributed by atoms with E-state index in [1.54, 1.807) is 7.11 Å². The molecule has 0 heterocycles. The molecule has 0 aliphatic carbocycles. The van der Waals surface area contributed by atoms with E-state index in [1.807, 2.05) is 48.5 Å². The van der Waals surface area contributed by atoms with Crippen molar-refractivity contribution in [2.24, 2.45) is 0 Å². The van der Waals surface area contributed by atoms with Gasteiger partial charge in [0.2, 0.25) is 0 Å². The standard InChI is InChI=1S/C23H27NO4/c1-26-17-28-23-12-6-10-21-18(7-5-11-22(21)23)13-14-24-15-19(25)16-27-20-8-3-2-4-9-20/h2-12,19,24-25H,13-17H2,1H3. The number of benzene rings is 3. The summed E-state index contributed by atoms with van der Waals surface area (Å²) in [7, 11) is 1.61. The Morgan fingerprint density at radius 1 is 0.893 bits per heavy atom. The van der Waals surface area contributed by atoms with Gasteiger partial charge in [0.15, 0.2) is 6.79 Å².